The van der Waals surface area contributed by atoms with Crippen molar-refractivity contribution in [3.05, 3.63) is 154 Å². The van der Waals surface area contributed by atoms with E-state index >= 15 is 0 Å². The first-order valence-electron chi connectivity index (χ1n) is 13.3. The first-order valence-corrected chi connectivity index (χ1v) is 14.1. The molecule has 2 aliphatic carbocycles. The number of halogens is 1. The van der Waals surface area contributed by atoms with Crippen molar-refractivity contribution in [1.82, 2.24) is 0 Å². The average Bonchev–Trinajstić information content (AvgIpc) is 3.46. The molecule has 9 rings (SSSR count). The molecule has 6 aromatic carbocycles. The lowest BCUT2D eigenvalue weighted by molar-refractivity contribution is 0.666. The Labute approximate surface area is 234 Å². The third-order valence-corrected chi connectivity index (χ3v) is 9.26. The lowest BCUT2D eigenvalue weighted by Gasteiger charge is -2.35. The number of fused-ring (bicyclic) bond motifs is 15. The van der Waals surface area contributed by atoms with Crippen molar-refractivity contribution in [3.8, 4) is 33.4 Å². The van der Waals surface area contributed by atoms with Crippen LogP contribution in [0.15, 0.2) is 136 Å². The molecule has 0 aliphatic heterocycles. The zero-order chi connectivity index (χ0) is 25.7. The highest BCUT2D eigenvalue weighted by molar-refractivity contribution is 9.10. The Morgan fingerprint density at radius 2 is 0.974 bits per heavy atom. The molecule has 1 heterocycles. The highest BCUT2D eigenvalue weighted by atomic mass is 79.9. The smallest absolute Gasteiger partial charge is 0.135 e. The van der Waals surface area contributed by atoms with Gasteiger partial charge in [0.05, 0.1) is 5.41 Å². The molecule has 0 N–H and O–H groups in total. The Bertz CT molecular complexity index is 2150. The van der Waals surface area contributed by atoms with Gasteiger partial charge >= 0.3 is 0 Å². The van der Waals surface area contributed by atoms with Gasteiger partial charge in [0.25, 0.3) is 0 Å². The second kappa shape index (κ2) is 7.59. The predicted octanol–water partition coefficient (Wildman–Crippen LogP) is 10.4. The van der Waals surface area contributed by atoms with Crippen LogP contribution in [-0.4, -0.2) is 0 Å². The molecule has 1 spiro atoms. The van der Waals surface area contributed by atoms with E-state index in [-0.39, 0.29) is 0 Å². The Morgan fingerprint density at radius 1 is 0.410 bits per heavy atom. The van der Waals surface area contributed by atoms with Crippen molar-refractivity contribution in [2.24, 2.45) is 0 Å². The van der Waals surface area contributed by atoms with Crippen LogP contribution in [0.1, 0.15) is 22.3 Å². The first-order chi connectivity index (χ1) is 19.2. The summed E-state index contributed by atoms with van der Waals surface area (Å²) in [6.45, 7) is 0. The molecule has 0 radical (unpaired) electrons. The largest absolute Gasteiger partial charge is 0.456 e. The Hall–Kier alpha value is -4.40. The number of hydrogen-bond donors (Lipinski definition) is 0. The number of furan rings is 1. The maximum atomic E-state index is 6.49. The van der Waals surface area contributed by atoms with E-state index in [1.807, 2.05) is 6.07 Å². The Morgan fingerprint density at radius 3 is 1.74 bits per heavy atom. The highest BCUT2D eigenvalue weighted by Gasteiger charge is 2.50. The lowest BCUT2D eigenvalue weighted by Crippen LogP contribution is -2.29. The second-order valence-electron chi connectivity index (χ2n) is 10.6. The maximum Gasteiger partial charge on any atom is 0.135 e. The predicted molar refractivity (Wildman–Crippen MR) is 163 cm³/mol. The normalized spacial score (nSPS) is 16.4. The van der Waals surface area contributed by atoms with Gasteiger partial charge in [-0.3, -0.25) is 0 Å². The van der Waals surface area contributed by atoms with Crippen molar-refractivity contribution in [2.75, 3.05) is 0 Å². The zero-order valence-electron chi connectivity index (χ0n) is 20.9. The van der Waals surface area contributed by atoms with Gasteiger partial charge in [0.2, 0.25) is 0 Å². The molecular formula is C37H21BrO. The van der Waals surface area contributed by atoms with Gasteiger partial charge in [-0.05, 0) is 86.0 Å². The molecule has 2 aliphatic rings. The fourth-order valence-corrected chi connectivity index (χ4v) is 7.65. The van der Waals surface area contributed by atoms with Gasteiger partial charge in [-0.1, -0.05) is 113 Å². The Kier molecular flexibility index (Phi) is 4.19. The van der Waals surface area contributed by atoms with Gasteiger partial charge in [-0.25, -0.2) is 0 Å². The summed E-state index contributed by atoms with van der Waals surface area (Å²) < 4.78 is 7.57. The number of rotatable bonds is 0. The van der Waals surface area contributed by atoms with Crippen molar-refractivity contribution in [2.45, 2.75) is 5.41 Å². The first kappa shape index (κ1) is 21.5. The van der Waals surface area contributed by atoms with Gasteiger partial charge in [-0.15, -0.1) is 0 Å². The number of para-hydroxylation sites is 1. The van der Waals surface area contributed by atoms with Crippen LogP contribution in [0.3, 0.4) is 0 Å². The van der Waals surface area contributed by atoms with Crippen LogP contribution in [0.25, 0.3) is 55.3 Å². The monoisotopic (exact) mass is 560 g/mol. The summed E-state index contributed by atoms with van der Waals surface area (Å²) in [6.07, 6.45) is 0. The van der Waals surface area contributed by atoms with Crippen LogP contribution in [0.4, 0.5) is 0 Å². The van der Waals surface area contributed by atoms with Crippen LogP contribution in [0.5, 0.6) is 0 Å². The SMILES string of the molecule is Brc1ccc2c(c1)-c1ccccc1-c1ccccc1C21c2ccccc2-c2cc3c(cc21)oc1ccccc13. The molecule has 2 heteroatoms. The van der Waals surface area contributed by atoms with E-state index in [2.05, 4.69) is 137 Å². The van der Waals surface area contributed by atoms with E-state index in [0.29, 0.717) is 0 Å². The fraction of sp³-hybridized carbons (Fsp3) is 0.0270. The third-order valence-electron chi connectivity index (χ3n) is 8.77. The number of benzene rings is 6. The fourth-order valence-electron chi connectivity index (χ4n) is 7.28. The maximum absolute atomic E-state index is 6.49. The van der Waals surface area contributed by atoms with Crippen LogP contribution in [0, 0.1) is 0 Å². The van der Waals surface area contributed by atoms with Crippen molar-refractivity contribution in [3.63, 3.8) is 0 Å². The van der Waals surface area contributed by atoms with Crippen molar-refractivity contribution >= 4 is 37.9 Å². The van der Waals surface area contributed by atoms with Gasteiger partial charge in [-0.2, -0.15) is 0 Å². The van der Waals surface area contributed by atoms with E-state index in [9.17, 15) is 0 Å². The molecule has 1 atom stereocenters. The molecular weight excluding hydrogens is 540 g/mol. The molecule has 1 aromatic heterocycles. The standard InChI is InChI=1S/C37H21BrO/c38-22-17-18-33-28(19-22)24-10-2-1-9-23(24)25-11-3-6-14-31(25)37(33)32-15-7-4-12-26(32)29-20-30-27-13-5-8-16-35(27)39-36(30)21-34(29)37/h1-21H. The molecule has 7 aromatic rings. The summed E-state index contributed by atoms with van der Waals surface area (Å²) in [5, 5.41) is 2.32. The minimum Gasteiger partial charge on any atom is -0.456 e. The highest BCUT2D eigenvalue weighted by Crippen LogP contribution is 2.62. The topological polar surface area (TPSA) is 13.1 Å². The molecule has 39 heavy (non-hydrogen) atoms. The average molecular weight is 561 g/mol. The molecule has 0 saturated carbocycles. The van der Waals surface area contributed by atoms with Crippen molar-refractivity contribution < 1.29 is 4.42 Å². The summed E-state index contributed by atoms with van der Waals surface area (Å²) in [4.78, 5) is 0. The van der Waals surface area contributed by atoms with Gasteiger partial charge in [0.1, 0.15) is 11.2 Å². The summed E-state index contributed by atoms with van der Waals surface area (Å²) in [6, 6.07) is 46.6. The second-order valence-corrected chi connectivity index (χ2v) is 11.5. The summed E-state index contributed by atoms with van der Waals surface area (Å²) >= 11 is 3.80. The summed E-state index contributed by atoms with van der Waals surface area (Å²) in [7, 11) is 0. The summed E-state index contributed by atoms with van der Waals surface area (Å²) in [5.74, 6) is 0. The van der Waals surface area contributed by atoms with Gasteiger partial charge in [0, 0.05) is 15.2 Å². The molecule has 0 bridgehead atoms. The molecule has 1 unspecified atom stereocenters. The van der Waals surface area contributed by atoms with E-state index in [1.165, 1.54) is 55.6 Å². The van der Waals surface area contributed by atoms with Crippen molar-refractivity contribution in [1.29, 1.82) is 0 Å². The third kappa shape index (κ3) is 2.65. The summed E-state index contributed by atoms with van der Waals surface area (Å²) in [5.41, 5.74) is 14.2. The van der Waals surface area contributed by atoms with E-state index in [0.717, 1.165) is 26.4 Å². The molecule has 182 valence electrons. The minimum atomic E-state index is -0.495. The molecule has 0 amide bonds. The van der Waals surface area contributed by atoms with Crippen LogP contribution in [-0.2, 0) is 5.41 Å². The van der Waals surface area contributed by atoms with Crippen LogP contribution in [0.2, 0.25) is 0 Å². The zero-order valence-corrected chi connectivity index (χ0v) is 22.5. The Balaban J connectivity index is 1.54. The lowest BCUT2D eigenvalue weighted by atomic mass is 9.66. The van der Waals surface area contributed by atoms with Gasteiger partial charge in [0.15, 0.2) is 0 Å². The van der Waals surface area contributed by atoms with E-state index in [4.69, 9.17) is 4.42 Å². The van der Waals surface area contributed by atoms with Gasteiger partial charge < -0.3 is 4.42 Å². The number of hydrogen-bond acceptors (Lipinski definition) is 1. The van der Waals surface area contributed by atoms with Crippen LogP contribution >= 0.6 is 15.9 Å². The van der Waals surface area contributed by atoms with Crippen LogP contribution < -0.4 is 0 Å². The minimum absolute atomic E-state index is 0.495. The molecule has 0 fully saturated rings. The van der Waals surface area contributed by atoms with E-state index < -0.39 is 5.41 Å². The van der Waals surface area contributed by atoms with E-state index in [1.54, 1.807) is 0 Å². The molecule has 0 saturated heterocycles. The molecule has 1 nitrogen and oxygen atoms in total. The quantitative estimate of drug-likeness (QED) is 0.180.